The summed E-state index contributed by atoms with van der Waals surface area (Å²) in [4.78, 5) is 33.8. The number of benzene rings is 1. The Kier molecular flexibility index (Phi) is 5.24. The Morgan fingerprint density at radius 1 is 1.28 bits per heavy atom. The van der Waals surface area contributed by atoms with Crippen LogP contribution >= 0.6 is 11.6 Å². The summed E-state index contributed by atoms with van der Waals surface area (Å²) in [7, 11) is 1.38. The van der Waals surface area contributed by atoms with Crippen molar-refractivity contribution in [3.05, 3.63) is 56.8 Å². The molecule has 1 aliphatic rings. The molecule has 4 rings (SSSR count). The molecule has 168 valence electrons. The molecule has 3 aromatic rings. The standard InChI is InChI=1S/C20H17ClF3N5O3/c1-9(25-13-3-4-14(21)26-16(13)18(31)32)11-5-10(22)6-12-15(11)27-19(28(2)17(12)30)29-7-20(23,24)8-29/h3-6,9,25H,7-8H2,1-2H3,(H,31,32)/t9-/m1/s1. The number of aromatic nitrogens is 3. The lowest BCUT2D eigenvalue weighted by atomic mass is 10.0. The van der Waals surface area contributed by atoms with E-state index in [1.807, 2.05) is 0 Å². The van der Waals surface area contributed by atoms with Gasteiger partial charge in [0.2, 0.25) is 5.95 Å². The van der Waals surface area contributed by atoms with Gasteiger partial charge < -0.3 is 15.3 Å². The summed E-state index contributed by atoms with van der Waals surface area (Å²) in [5, 5.41) is 12.3. The van der Waals surface area contributed by atoms with Crippen LogP contribution in [0.3, 0.4) is 0 Å². The van der Waals surface area contributed by atoms with Crippen molar-refractivity contribution in [2.24, 2.45) is 7.05 Å². The molecule has 0 radical (unpaired) electrons. The van der Waals surface area contributed by atoms with Crippen LogP contribution in [0, 0.1) is 5.82 Å². The van der Waals surface area contributed by atoms with Gasteiger partial charge in [-0.2, -0.15) is 0 Å². The first-order valence-electron chi connectivity index (χ1n) is 9.46. The van der Waals surface area contributed by atoms with Crippen LogP contribution in [-0.2, 0) is 7.05 Å². The Morgan fingerprint density at radius 3 is 2.59 bits per heavy atom. The van der Waals surface area contributed by atoms with E-state index in [0.29, 0.717) is 0 Å². The van der Waals surface area contributed by atoms with E-state index in [1.54, 1.807) is 6.92 Å². The molecule has 0 saturated carbocycles. The third-order valence-electron chi connectivity index (χ3n) is 5.18. The highest BCUT2D eigenvalue weighted by molar-refractivity contribution is 6.29. The van der Waals surface area contributed by atoms with Crippen LogP contribution in [0.2, 0.25) is 5.15 Å². The maximum atomic E-state index is 14.4. The van der Waals surface area contributed by atoms with Crippen LogP contribution < -0.4 is 15.8 Å². The lowest BCUT2D eigenvalue weighted by Crippen LogP contribution is -2.57. The predicted molar refractivity (Wildman–Crippen MR) is 112 cm³/mol. The van der Waals surface area contributed by atoms with Gasteiger partial charge in [0.05, 0.1) is 35.7 Å². The second kappa shape index (κ2) is 7.66. The topological polar surface area (TPSA) is 100 Å². The molecular weight excluding hydrogens is 451 g/mol. The first-order chi connectivity index (χ1) is 15.0. The molecule has 2 aromatic heterocycles. The zero-order valence-corrected chi connectivity index (χ0v) is 17.6. The molecule has 0 aliphatic carbocycles. The number of halogens is 4. The average Bonchev–Trinajstić information content (AvgIpc) is 2.69. The zero-order valence-electron chi connectivity index (χ0n) is 16.9. The summed E-state index contributed by atoms with van der Waals surface area (Å²) in [5.74, 6) is -4.86. The van der Waals surface area contributed by atoms with E-state index in [4.69, 9.17) is 11.6 Å². The van der Waals surface area contributed by atoms with Crippen molar-refractivity contribution in [3.63, 3.8) is 0 Å². The van der Waals surface area contributed by atoms with Gasteiger partial charge in [0, 0.05) is 12.6 Å². The summed E-state index contributed by atoms with van der Waals surface area (Å²) >= 11 is 5.78. The van der Waals surface area contributed by atoms with Crippen molar-refractivity contribution >= 4 is 40.1 Å². The first kappa shape index (κ1) is 21.9. The van der Waals surface area contributed by atoms with E-state index in [0.717, 1.165) is 16.7 Å². The van der Waals surface area contributed by atoms with Crippen LogP contribution in [-0.4, -0.2) is 44.6 Å². The molecule has 0 unspecified atom stereocenters. The SMILES string of the molecule is C[C@@H](Nc1ccc(Cl)nc1C(=O)O)c1cc(F)cc2c(=O)n(C)c(N3CC(F)(F)C3)nc12. The number of fused-ring (bicyclic) bond motifs is 1. The van der Waals surface area contributed by atoms with Crippen LogP contribution in [0.15, 0.2) is 29.1 Å². The Labute approximate surface area is 184 Å². The van der Waals surface area contributed by atoms with Gasteiger partial charge in [0.15, 0.2) is 5.69 Å². The van der Waals surface area contributed by atoms with Gasteiger partial charge in [-0.1, -0.05) is 11.6 Å². The Balaban J connectivity index is 1.81. The van der Waals surface area contributed by atoms with Crippen molar-refractivity contribution in [2.45, 2.75) is 18.9 Å². The maximum absolute atomic E-state index is 14.4. The molecule has 8 nitrogen and oxygen atoms in total. The molecule has 3 heterocycles. The fraction of sp³-hybridized carbons (Fsp3) is 0.300. The van der Waals surface area contributed by atoms with Crippen LogP contribution in [0.25, 0.3) is 10.9 Å². The highest BCUT2D eigenvalue weighted by Gasteiger charge is 2.45. The Bertz CT molecular complexity index is 1310. The van der Waals surface area contributed by atoms with E-state index < -0.39 is 42.4 Å². The second-order valence-electron chi connectivity index (χ2n) is 7.58. The molecule has 1 aromatic carbocycles. The van der Waals surface area contributed by atoms with Gasteiger partial charge in [-0.3, -0.25) is 9.36 Å². The van der Waals surface area contributed by atoms with Crippen LogP contribution in [0.5, 0.6) is 0 Å². The third kappa shape index (κ3) is 3.83. The van der Waals surface area contributed by atoms with Gasteiger partial charge >= 0.3 is 5.97 Å². The number of alkyl halides is 2. The smallest absolute Gasteiger partial charge is 0.356 e. The Morgan fingerprint density at radius 2 is 1.97 bits per heavy atom. The van der Waals surface area contributed by atoms with Crippen molar-refractivity contribution in [3.8, 4) is 0 Å². The highest BCUT2D eigenvalue weighted by Crippen LogP contribution is 2.32. The first-order valence-corrected chi connectivity index (χ1v) is 9.84. The zero-order chi connectivity index (χ0) is 23.4. The van der Waals surface area contributed by atoms with Crippen molar-refractivity contribution in [1.82, 2.24) is 14.5 Å². The quantitative estimate of drug-likeness (QED) is 0.554. The van der Waals surface area contributed by atoms with Gasteiger partial charge in [0.1, 0.15) is 11.0 Å². The van der Waals surface area contributed by atoms with E-state index in [1.165, 1.54) is 24.1 Å². The second-order valence-corrected chi connectivity index (χ2v) is 7.97. The number of nitrogens with zero attached hydrogens (tertiary/aromatic N) is 4. The molecule has 0 amide bonds. The van der Waals surface area contributed by atoms with Gasteiger partial charge in [-0.25, -0.2) is 27.9 Å². The van der Waals surface area contributed by atoms with Crippen molar-refractivity contribution < 1.29 is 23.1 Å². The molecule has 0 spiro atoms. The summed E-state index contributed by atoms with van der Waals surface area (Å²) in [6.45, 7) is 0.453. The van der Waals surface area contributed by atoms with Gasteiger partial charge in [0.25, 0.3) is 11.5 Å². The Hall–Kier alpha value is -3.34. The molecule has 2 N–H and O–H groups in total. The monoisotopic (exact) mass is 467 g/mol. The summed E-state index contributed by atoms with van der Waals surface area (Å²) < 4.78 is 42.2. The summed E-state index contributed by atoms with van der Waals surface area (Å²) in [6.07, 6.45) is 0. The minimum absolute atomic E-state index is 0.0158. The highest BCUT2D eigenvalue weighted by atomic mass is 35.5. The molecule has 1 atom stereocenters. The number of carbonyl (C=O) groups is 1. The molecule has 0 bridgehead atoms. The van der Waals surface area contributed by atoms with E-state index in [9.17, 15) is 27.9 Å². The van der Waals surface area contributed by atoms with Gasteiger partial charge in [-0.15, -0.1) is 0 Å². The number of anilines is 2. The molecule has 12 heteroatoms. The largest absolute Gasteiger partial charge is 0.476 e. The number of carboxylic acids is 1. The third-order valence-corrected chi connectivity index (χ3v) is 5.39. The van der Waals surface area contributed by atoms with Crippen LogP contribution in [0.1, 0.15) is 29.0 Å². The fourth-order valence-corrected chi connectivity index (χ4v) is 3.79. The molecule has 1 saturated heterocycles. The number of aromatic carboxylic acids is 1. The average molecular weight is 468 g/mol. The number of nitrogens with one attached hydrogen (secondary N) is 1. The molecule has 1 aliphatic heterocycles. The maximum Gasteiger partial charge on any atom is 0.356 e. The van der Waals surface area contributed by atoms with E-state index in [-0.39, 0.29) is 38.9 Å². The van der Waals surface area contributed by atoms with E-state index >= 15 is 0 Å². The summed E-state index contributed by atoms with van der Waals surface area (Å²) in [5.41, 5.74) is -0.431. The lowest BCUT2D eigenvalue weighted by Gasteiger charge is -2.40. The summed E-state index contributed by atoms with van der Waals surface area (Å²) in [6, 6.07) is 4.27. The van der Waals surface area contributed by atoms with Crippen molar-refractivity contribution in [1.29, 1.82) is 0 Å². The minimum Gasteiger partial charge on any atom is -0.476 e. The number of hydrogen-bond acceptors (Lipinski definition) is 6. The minimum atomic E-state index is -2.87. The number of rotatable bonds is 5. The molecule has 32 heavy (non-hydrogen) atoms. The number of hydrogen-bond donors (Lipinski definition) is 2. The normalized spacial score (nSPS) is 16.0. The number of pyridine rings is 1. The lowest BCUT2D eigenvalue weighted by molar-refractivity contribution is -0.0275. The number of carboxylic acid groups (broad SMARTS) is 1. The molecule has 1 fully saturated rings. The van der Waals surface area contributed by atoms with Gasteiger partial charge in [-0.05, 0) is 31.2 Å². The predicted octanol–water partition coefficient (Wildman–Crippen LogP) is 3.45. The van der Waals surface area contributed by atoms with Crippen LogP contribution in [0.4, 0.5) is 24.8 Å². The fourth-order valence-electron chi connectivity index (χ4n) is 3.65. The molecular formula is C20H17ClF3N5O3. The van der Waals surface area contributed by atoms with E-state index in [2.05, 4.69) is 15.3 Å². The van der Waals surface area contributed by atoms with Crippen molar-refractivity contribution in [2.75, 3.05) is 23.3 Å².